The highest BCUT2D eigenvalue weighted by Gasteiger charge is 2.71. The van der Waals surface area contributed by atoms with Crippen LogP contribution in [0.15, 0.2) is 35.4 Å². The Kier molecular flexibility index (Phi) is 11.3. The van der Waals surface area contributed by atoms with Gasteiger partial charge in [-0.05, 0) is 128 Å². The van der Waals surface area contributed by atoms with E-state index in [-0.39, 0.29) is 71.3 Å². The molecule has 0 heterocycles. The van der Waals surface area contributed by atoms with Gasteiger partial charge in [0.2, 0.25) is 5.91 Å². The molecule has 0 aromatic heterocycles. The molecule has 9 unspecified atom stereocenters. The van der Waals surface area contributed by atoms with Crippen molar-refractivity contribution in [3.05, 3.63) is 46.0 Å². The maximum Gasteiger partial charge on any atom is 0.309 e. The van der Waals surface area contributed by atoms with Crippen molar-refractivity contribution in [2.24, 2.45) is 56.2 Å². The number of ether oxygens (including phenoxy) is 1. The molecule has 10 heteroatoms. The molecule has 4 fully saturated rings. The Morgan fingerprint density at radius 2 is 1.59 bits per heavy atom. The maximum absolute atomic E-state index is 14.2. The van der Waals surface area contributed by atoms with E-state index in [1.807, 2.05) is 12.1 Å². The predicted octanol–water partition coefficient (Wildman–Crippen LogP) is 8.42. The lowest BCUT2D eigenvalue weighted by Gasteiger charge is -2.72. The number of aliphatic carboxylic acids is 1. The van der Waals surface area contributed by atoms with Crippen LogP contribution in [0.2, 0.25) is 5.02 Å². The summed E-state index contributed by atoms with van der Waals surface area (Å²) in [4.78, 5) is 53.8. The van der Waals surface area contributed by atoms with Crippen molar-refractivity contribution in [2.45, 2.75) is 145 Å². The van der Waals surface area contributed by atoms with E-state index in [2.05, 4.69) is 48.5 Å². The molecule has 0 spiro atoms. The van der Waals surface area contributed by atoms with Crippen LogP contribution in [0, 0.1) is 56.2 Å². The molecule has 9 atom stereocenters. The maximum atomic E-state index is 14.2. The smallest absolute Gasteiger partial charge is 0.309 e. The van der Waals surface area contributed by atoms with Gasteiger partial charge in [0, 0.05) is 35.4 Å². The van der Waals surface area contributed by atoms with Crippen LogP contribution in [0.1, 0.15) is 132 Å². The fraction of sp³-hybridized carbons (Fsp3) is 0.739. The number of Topliss-reactive ketones (excluding diaryl/α,β-unsaturated/α-hetero) is 1. The number of halogens is 1. The summed E-state index contributed by atoms with van der Waals surface area (Å²) in [5, 5.41) is 32.6. The lowest BCUT2D eigenvalue weighted by atomic mass is 9.33. The van der Waals surface area contributed by atoms with Crippen molar-refractivity contribution in [3.63, 3.8) is 0 Å². The molecule has 1 aromatic carbocycles. The van der Waals surface area contributed by atoms with E-state index in [9.17, 15) is 34.5 Å². The van der Waals surface area contributed by atoms with E-state index in [1.165, 1.54) is 4.90 Å². The van der Waals surface area contributed by atoms with Crippen molar-refractivity contribution < 1.29 is 39.2 Å². The summed E-state index contributed by atoms with van der Waals surface area (Å²) in [5.74, 6) is -0.993. The Morgan fingerprint density at radius 3 is 2.20 bits per heavy atom. The van der Waals surface area contributed by atoms with E-state index in [1.54, 1.807) is 26.0 Å². The van der Waals surface area contributed by atoms with Gasteiger partial charge >= 0.3 is 11.9 Å². The number of benzene rings is 1. The topological polar surface area (TPSA) is 141 Å². The normalized spacial score (nSPS) is 35.6. The zero-order chi connectivity index (χ0) is 41.4. The first-order chi connectivity index (χ1) is 26.0. The second kappa shape index (κ2) is 14.8. The molecule has 4 saturated carbocycles. The number of amides is 1. The Hall–Kier alpha value is -2.75. The number of allylic oxidation sites excluding steroid dienone is 1. The number of esters is 1. The van der Waals surface area contributed by atoms with Crippen LogP contribution in [-0.4, -0.2) is 69.2 Å². The molecule has 0 bridgehead atoms. The average molecular weight is 796 g/mol. The molecule has 0 aliphatic heterocycles. The Labute approximate surface area is 339 Å². The van der Waals surface area contributed by atoms with Gasteiger partial charge in [0.1, 0.15) is 12.7 Å². The quantitative estimate of drug-likeness (QED) is 0.190. The van der Waals surface area contributed by atoms with Crippen molar-refractivity contribution in [2.75, 3.05) is 13.2 Å². The highest BCUT2D eigenvalue weighted by atomic mass is 35.5. The first kappa shape index (κ1) is 42.8. The fourth-order valence-electron chi connectivity index (χ4n) is 13.5. The van der Waals surface area contributed by atoms with E-state index in [4.69, 9.17) is 16.3 Å². The number of aliphatic hydroxyl groups excluding tert-OH is 2. The third kappa shape index (κ3) is 6.77. The molecule has 3 N–H and O–H groups in total. The molecule has 1 aromatic rings. The Morgan fingerprint density at radius 1 is 0.929 bits per heavy atom. The van der Waals surface area contributed by atoms with E-state index in [0.29, 0.717) is 23.3 Å². The minimum Gasteiger partial charge on any atom is -0.481 e. The highest BCUT2D eigenvalue weighted by molar-refractivity contribution is 6.30. The van der Waals surface area contributed by atoms with Crippen LogP contribution in [0.4, 0.5) is 0 Å². The second-order valence-electron chi connectivity index (χ2n) is 20.6. The third-order valence-electron chi connectivity index (χ3n) is 16.7. The highest BCUT2D eigenvalue weighted by Crippen LogP contribution is 2.77. The van der Waals surface area contributed by atoms with E-state index in [0.717, 1.165) is 61.7 Å². The fourth-order valence-corrected chi connectivity index (χ4v) is 13.6. The molecule has 310 valence electrons. The number of hydrogen-bond acceptors (Lipinski definition) is 7. The molecule has 56 heavy (non-hydrogen) atoms. The van der Waals surface area contributed by atoms with Crippen molar-refractivity contribution in [3.8, 4) is 0 Å². The van der Waals surface area contributed by atoms with Crippen LogP contribution in [0.25, 0.3) is 0 Å². The number of nitrogens with zero attached hydrogens (tertiary/aromatic N) is 1. The molecular weight excluding hydrogens is 730 g/mol. The number of ketones is 1. The standard InChI is InChI=1S/C46H66ClNO8/c1-27(2)38-31(50)22-46(34(51)25-48(36(52)26-49)24-28-10-12-29(47)13-11-28)21-20-44(8)30(39(38)46)14-15-33-43(7)18-17-35(56-37(53)23-41(3,4)40(54)55)42(5,6)32(43)16-19-45(33,44)9/h10-13,27,30,32-35,49,51H,14-26H2,1-9H3,(H,54,55). The molecular formula is C46H66ClNO8. The second-order valence-corrected chi connectivity index (χ2v) is 21.1. The third-order valence-corrected chi connectivity index (χ3v) is 16.9. The number of rotatable bonds is 11. The number of carboxylic acid groups (broad SMARTS) is 1. The monoisotopic (exact) mass is 795 g/mol. The molecule has 5 aliphatic rings. The van der Waals surface area contributed by atoms with Gasteiger partial charge < -0.3 is 25.0 Å². The molecule has 1 amide bonds. The number of aliphatic hydroxyl groups is 2. The average Bonchev–Trinajstić information content (AvgIpc) is 3.43. The number of hydrogen-bond donors (Lipinski definition) is 3. The number of carbonyl (C=O) groups excluding carboxylic acids is 3. The molecule has 6 rings (SSSR count). The summed E-state index contributed by atoms with van der Waals surface area (Å²) in [6, 6.07) is 7.21. The first-order valence-electron chi connectivity index (χ1n) is 21.0. The van der Waals surface area contributed by atoms with E-state index >= 15 is 0 Å². The predicted molar refractivity (Wildman–Crippen MR) is 215 cm³/mol. The van der Waals surface area contributed by atoms with Gasteiger partial charge in [-0.25, -0.2) is 0 Å². The van der Waals surface area contributed by atoms with Crippen LogP contribution in [0.5, 0.6) is 0 Å². The summed E-state index contributed by atoms with van der Waals surface area (Å²) in [5.41, 5.74) is 0.393. The van der Waals surface area contributed by atoms with Crippen LogP contribution in [-0.2, 0) is 30.5 Å². The summed E-state index contributed by atoms with van der Waals surface area (Å²) in [7, 11) is 0. The summed E-state index contributed by atoms with van der Waals surface area (Å²) in [6.07, 6.45) is 5.88. The van der Waals surface area contributed by atoms with Crippen molar-refractivity contribution in [1.82, 2.24) is 4.90 Å². The van der Waals surface area contributed by atoms with Crippen molar-refractivity contribution >= 4 is 35.2 Å². The van der Waals surface area contributed by atoms with Gasteiger partial charge in [0.15, 0.2) is 5.78 Å². The van der Waals surface area contributed by atoms with Crippen LogP contribution in [0.3, 0.4) is 0 Å². The van der Waals surface area contributed by atoms with Crippen molar-refractivity contribution in [1.29, 1.82) is 0 Å². The van der Waals surface area contributed by atoms with E-state index < -0.39 is 41.4 Å². The van der Waals surface area contributed by atoms with Gasteiger partial charge in [0.25, 0.3) is 0 Å². The van der Waals surface area contributed by atoms with Gasteiger partial charge in [0.05, 0.1) is 17.9 Å². The number of fused-ring (bicyclic) bond motifs is 7. The number of carbonyl (C=O) groups is 4. The Balaban J connectivity index is 1.29. The summed E-state index contributed by atoms with van der Waals surface area (Å²) in [6.45, 7) is 18.8. The van der Waals surface area contributed by atoms with Gasteiger partial charge in [-0.3, -0.25) is 19.2 Å². The van der Waals surface area contributed by atoms with Crippen LogP contribution < -0.4 is 0 Å². The van der Waals surface area contributed by atoms with Gasteiger partial charge in [-0.1, -0.05) is 77.8 Å². The summed E-state index contributed by atoms with van der Waals surface area (Å²) < 4.78 is 6.16. The first-order valence-corrected chi connectivity index (χ1v) is 21.4. The van der Waals surface area contributed by atoms with Gasteiger partial charge in [-0.2, -0.15) is 0 Å². The molecule has 0 radical (unpaired) electrons. The lowest BCUT2D eigenvalue weighted by Crippen LogP contribution is -2.66. The Bertz CT molecular complexity index is 1770. The molecule has 5 aliphatic carbocycles. The minimum atomic E-state index is -1.19. The molecule has 0 saturated heterocycles. The molecule has 9 nitrogen and oxygen atoms in total. The lowest BCUT2D eigenvalue weighted by molar-refractivity contribution is -0.235. The zero-order valence-corrected chi connectivity index (χ0v) is 35.9. The van der Waals surface area contributed by atoms with Gasteiger partial charge in [-0.15, -0.1) is 0 Å². The SMILES string of the molecule is CC(C)C1=C2C3CCC4C5(C)CCC(OC(=O)CC(C)(C)C(=O)O)C(C)(C)C5CCC4(C)C3(C)CCC2(C(O)CN(Cc2ccc(Cl)cc2)C(=O)CO)CC1=O. The van der Waals surface area contributed by atoms with Crippen LogP contribution >= 0.6 is 11.6 Å². The largest absolute Gasteiger partial charge is 0.481 e. The summed E-state index contributed by atoms with van der Waals surface area (Å²) >= 11 is 6.13. The number of carboxylic acids is 1. The zero-order valence-electron chi connectivity index (χ0n) is 35.2. The minimum absolute atomic E-state index is 0.00295.